The van der Waals surface area contributed by atoms with Crippen molar-refractivity contribution in [3.8, 4) is 17.2 Å². The number of para-hydroxylation sites is 1. The number of nitrogens with two attached hydrogens (primary N) is 1. The Morgan fingerprint density at radius 1 is 1.18 bits per heavy atom. The molecule has 0 saturated carbocycles. The van der Waals surface area contributed by atoms with Gasteiger partial charge in [-0.25, -0.2) is 4.98 Å². The van der Waals surface area contributed by atoms with Gasteiger partial charge in [0.05, 0.1) is 17.4 Å². The van der Waals surface area contributed by atoms with Crippen LogP contribution in [0.25, 0.3) is 27.7 Å². The Bertz CT molecular complexity index is 1230. The summed E-state index contributed by atoms with van der Waals surface area (Å²) in [5.41, 5.74) is 11.0. The molecule has 1 aromatic carbocycles. The highest BCUT2D eigenvalue weighted by molar-refractivity contribution is 7.99. The Balaban J connectivity index is 1.71. The van der Waals surface area contributed by atoms with Gasteiger partial charge in [-0.1, -0.05) is 18.2 Å². The highest BCUT2D eigenvalue weighted by Gasteiger charge is 2.25. The molecule has 4 heterocycles. The van der Waals surface area contributed by atoms with Crippen LogP contribution in [0.1, 0.15) is 30.0 Å². The van der Waals surface area contributed by atoms with Crippen LogP contribution in [0, 0.1) is 11.3 Å². The summed E-state index contributed by atoms with van der Waals surface area (Å²) in [6, 6.07) is 12.4. The molecule has 1 aliphatic heterocycles. The summed E-state index contributed by atoms with van der Waals surface area (Å²) in [7, 11) is 0. The van der Waals surface area contributed by atoms with Crippen molar-refractivity contribution >= 4 is 34.1 Å². The third-order valence-electron chi connectivity index (χ3n) is 5.33. The molecule has 1 fully saturated rings. The second-order valence-corrected chi connectivity index (χ2v) is 8.19. The lowest BCUT2D eigenvalue weighted by Gasteiger charge is -2.22. The van der Waals surface area contributed by atoms with Gasteiger partial charge in [-0.3, -0.25) is 4.98 Å². The normalized spacial score (nSPS) is 15.1. The van der Waals surface area contributed by atoms with Crippen LogP contribution in [0.2, 0.25) is 0 Å². The number of rotatable bonds is 2. The largest absolute Gasteiger partial charge is 0.382 e. The van der Waals surface area contributed by atoms with Crippen LogP contribution < -0.4 is 5.73 Å². The average Bonchev–Trinajstić information content (AvgIpc) is 3.18. The second-order valence-electron chi connectivity index (χ2n) is 6.97. The van der Waals surface area contributed by atoms with Crippen LogP contribution in [-0.4, -0.2) is 31.1 Å². The predicted molar refractivity (Wildman–Crippen MR) is 112 cm³/mol. The lowest BCUT2D eigenvalue weighted by molar-refractivity contribution is 0.617. The molecule has 6 nitrogen and oxygen atoms in total. The fourth-order valence-corrected chi connectivity index (χ4v) is 4.94. The number of nitrogen functional groups attached to an aromatic ring is 1. The molecule has 2 N–H and O–H groups in total. The summed E-state index contributed by atoms with van der Waals surface area (Å²) >= 11 is 1.95. The first-order chi connectivity index (χ1) is 13.8. The first-order valence-electron chi connectivity index (χ1n) is 9.26. The van der Waals surface area contributed by atoms with Crippen LogP contribution in [0.4, 0.5) is 5.82 Å². The Labute approximate surface area is 166 Å². The quantitative estimate of drug-likeness (QED) is 0.559. The molecule has 0 unspecified atom stereocenters. The van der Waals surface area contributed by atoms with Gasteiger partial charge < -0.3 is 5.73 Å². The van der Waals surface area contributed by atoms with Crippen molar-refractivity contribution in [2.75, 3.05) is 17.2 Å². The third-order valence-corrected chi connectivity index (χ3v) is 6.38. The minimum Gasteiger partial charge on any atom is -0.382 e. The van der Waals surface area contributed by atoms with Gasteiger partial charge in [-0.05, 0) is 36.5 Å². The maximum Gasteiger partial charge on any atom is 0.165 e. The van der Waals surface area contributed by atoms with Crippen molar-refractivity contribution in [1.29, 1.82) is 5.26 Å². The number of benzene rings is 1. The van der Waals surface area contributed by atoms with E-state index in [9.17, 15) is 5.26 Å². The standard InChI is InChI=1S/C21H18N6S/c22-10-16-19(13-5-7-28-8-6-13)26-21-17(12-25-27(21)20(16)23)15-9-14-3-1-2-4-18(14)24-11-15/h1-4,9,11-13H,5-8,23H2. The minimum absolute atomic E-state index is 0.265. The van der Waals surface area contributed by atoms with E-state index in [2.05, 4.69) is 22.2 Å². The zero-order chi connectivity index (χ0) is 19.1. The summed E-state index contributed by atoms with van der Waals surface area (Å²) in [4.78, 5) is 9.47. The van der Waals surface area contributed by atoms with Gasteiger partial charge in [0, 0.05) is 28.6 Å². The molecule has 28 heavy (non-hydrogen) atoms. The predicted octanol–water partition coefficient (Wildman–Crippen LogP) is 4.01. The maximum atomic E-state index is 9.71. The Hall–Kier alpha value is -3.11. The highest BCUT2D eigenvalue weighted by atomic mass is 32.2. The van der Waals surface area contributed by atoms with Gasteiger partial charge >= 0.3 is 0 Å². The van der Waals surface area contributed by atoms with Gasteiger partial charge in [-0.2, -0.15) is 26.6 Å². The summed E-state index contributed by atoms with van der Waals surface area (Å²) < 4.78 is 1.57. The molecule has 5 rings (SSSR count). The fourth-order valence-electron chi connectivity index (χ4n) is 3.84. The lowest BCUT2D eigenvalue weighted by atomic mass is 9.95. The smallest absolute Gasteiger partial charge is 0.165 e. The number of fused-ring (bicyclic) bond motifs is 2. The van der Waals surface area contributed by atoms with Crippen molar-refractivity contribution in [3.63, 3.8) is 0 Å². The zero-order valence-electron chi connectivity index (χ0n) is 15.2. The van der Waals surface area contributed by atoms with Gasteiger partial charge in [0.1, 0.15) is 17.5 Å². The Morgan fingerprint density at radius 3 is 2.82 bits per heavy atom. The number of nitriles is 1. The van der Waals surface area contributed by atoms with E-state index in [1.807, 2.05) is 42.2 Å². The van der Waals surface area contributed by atoms with Gasteiger partial charge in [0.15, 0.2) is 5.65 Å². The lowest BCUT2D eigenvalue weighted by Crippen LogP contribution is -2.15. The number of hydrogen-bond donors (Lipinski definition) is 1. The molecule has 1 saturated heterocycles. The summed E-state index contributed by atoms with van der Waals surface area (Å²) in [6.07, 6.45) is 5.63. The molecule has 3 aromatic heterocycles. The fraction of sp³-hybridized carbons (Fsp3) is 0.238. The van der Waals surface area contributed by atoms with Crippen molar-refractivity contribution in [1.82, 2.24) is 19.6 Å². The monoisotopic (exact) mass is 386 g/mol. The van der Waals surface area contributed by atoms with E-state index in [1.54, 1.807) is 10.7 Å². The van der Waals surface area contributed by atoms with Crippen molar-refractivity contribution in [3.05, 3.63) is 54.0 Å². The number of pyridine rings is 1. The molecule has 0 spiro atoms. The molecule has 0 atom stereocenters. The molecule has 1 aliphatic rings. The topological polar surface area (TPSA) is 92.9 Å². The van der Waals surface area contributed by atoms with Crippen LogP contribution in [0.5, 0.6) is 0 Å². The van der Waals surface area contributed by atoms with E-state index in [0.29, 0.717) is 17.0 Å². The number of aromatic nitrogens is 4. The van der Waals surface area contributed by atoms with Crippen LogP contribution >= 0.6 is 11.8 Å². The summed E-state index contributed by atoms with van der Waals surface area (Å²) in [6.45, 7) is 0. The van der Waals surface area contributed by atoms with Crippen LogP contribution in [0.3, 0.4) is 0 Å². The van der Waals surface area contributed by atoms with Gasteiger partial charge in [-0.15, -0.1) is 0 Å². The van der Waals surface area contributed by atoms with Crippen LogP contribution in [0.15, 0.2) is 42.7 Å². The third kappa shape index (κ3) is 2.69. The first kappa shape index (κ1) is 17.0. The van der Waals surface area contributed by atoms with E-state index in [1.165, 1.54) is 0 Å². The van der Waals surface area contributed by atoms with E-state index in [-0.39, 0.29) is 5.92 Å². The molecule has 0 bridgehead atoms. The van der Waals surface area contributed by atoms with Crippen molar-refractivity contribution < 1.29 is 0 Å². The molecule has 0 amide bonds. The second kappa shape index (κ2) is 6.80. The molecule has 0 radical (unpaired) electrons. The number of hydrogen-bond acceptors (Lipinski definition) is 6. The number of thioether (sulfide) groups is 1. The first-order valence-corrected chi connectivity index (χ1v) is 10.4. The number of anilines is 1. The van der Waals surface area contributed by atoms with Crippen molar-refractivity contribution in [2.24, 2.45) is 0 Å². The molecule has 7 heteroatoms. The van der Waals surface area contributed by atoms with E-state index in [0.717, 1.165) is 52.1 Å². The van der Waals surface area contributed by atoms with E-state index >= 15 is 0 Å². The molecule has 0 aliphatic carbocycles. The maximum absolute atomic E-state index is 9.71. The number of nitrogens with zero attached hydrogens (tertiary/aromatic N) is 5. The zero-order valence-corrected chi connectivity index (χ0v) is 16.0. The average molecular weight is 386 g/mol. The van der Waals surface area contributed by atoms with E-state index in [4.69, 9.17) is 10.7 Å². The van der Waals surface area contributed by atoms with Crippen molar-refractivity contribution in [2.45, 2.75) is 18.8 Å². The van der Waals surface area contributed by atoms with Crippen LogP contribution in [-0.2, 0) is 0 Å². The SMILES string of the molecule is N#Cc1c(C2CCSCC2)nc2c(-c3cnc4ccccc4c3)cnn2c1N. The summed E-state index contributed by atoms with van der Waals surface area (Å²) in [5, 5.41) is 15.2. The summed E-state index contributed by atoms with van der Waals surface area (Å²) in [5.74, 6) is 2.80. The molecule has 4 aromatic rings. The Morgan fingerprint density at radius 2 is 2.00 bits per heavy atom. The molecule has 138 valence electrons. The molecular weight excluding hydrogens is 368 g/mol. The van der Waals surface area contributed by atoms with Gasteiger partial charge in [0.25, 0.3) is 0 Å². The minimum atomic E-state index is 0.265. The molecular formula is C21H18N6S. The van der Waals surface area contributed by atoms with Gasteiger partial charge in [0.2, 0.25) is 0 Å². The Kier molecular flexibility index (Phi) is 4.14. The highest BCUT2D eigenvalue weighted by Crippen LogP contribution is 2.36. The van der Waals surface area contributed by atoms with E-state index < -0.39 is 0 Å².